The van der Waals surface area contributed by atoms with Crippen LogP contribution in [0.1, 0.15) is 27.2 Å². The van der Waals surface area contributed by atoms with E-state index in [4.69, 9.17) is 14.7 Å². The summed E-state index contributed by atoms with van der Waals surface area (Å²) in [4.78, 5) is 26.4. The van der Waals surface area contributed by atoms with Crippen LogP contribution in [0.2, 0.25) is 0 Å². The lowest BCUT2D eigenvalue weighted by Gasteiger charge is -2.13. The Kier molecular flexibility index (Phi) is 5.88. The summed E-state index contributed by atoms with van der Waals surface area (Å²) < 4.78 is 5.67. The minimum absolute atomic E-state index is 0.224. The third-order valence-electron chi connectivity index (χ3n) is 6.07. The molecule has 6 rings (SSSR count). The molecule has 1 aliphatic heterocycles. The molecule has 1 amide bonds. The highest BCUT2D eigenvalue weighted by atomic mass is 16.5. The van der Waals surface area contributed by atoms with E-state index in [0.717, 1.165) is 39.2 Å². The van der Waals surface area contributed by atoms with Crippen molar-refractivity contribution < 1.29 is 9.53 Å². The Labute approximate surface area is 213 Å². The van der Waals surface area contributed by atoms with Crippen LogP contribution >= 0.6 is 0 Å². The summed E-state index contributed by atoms with van der Waals surface area (Å²) in [6.07, 6.45) is 6.91. The van der Waals surface area contributed by atoms with E-state index in [0.29, 0.717) is 36.1 Å². The number of aromatic nitrogens is 5. The van der Waals surface area contributed by atoms with Gasteiger partial charge in [0.05, 0.1) is 30.7 Å². The van der Waals surface area contributed by atoms with E-state index >= 15 is 0 Å². The number of hydrogen-bond donors (Lipinski definition) is 3. The number of H-pyrrole nitrogens is 1. The largest absolute Gasteiger partial charge is 0.370 e. The number of ether oxygens (including phenoxy) is 1. The van der Waals surface area contributed by atoms with Crippen molar-refractivity contribution in [3.8, 4) is 22.5 Å². The van der Waals surface area contributed by atoms with Gasteiger partial charge in [-0.2, -0.15) is 5.10 Å². The summed E-state index contributed by atoms with van der Waals surface area (Å²) >= 11 is 0. The summed E-state index contributed by atoms with van der Waals surface area (Å²) in [6.45, 7) is 2.78. The van der Waals surface area contributed by atoms with Crippen LogP contribution in [-0.4, -0.2) is 31.1 Å². The zero-order valence-corrected chi connectivity index (χ0v) is 20.0. The maximum absolute atomic E-state index is 12.7. The molecule has 1 aliphatic rings. The van der Waals surface area contributed by atoms with Gasteiger partial charge in [0.2, 0.25) is 0 Å². The molecule has 0 atom stereocenters. The zero-order valence-electron chi connectivity index (χ0n) is 20.0. The van der Waals surface area contributed by atoms with Gasteiger partial charge >= 0.3 is 0 Å². The number of nitrogens with zero attached hydrogens (tertiary/aromatic N) is 4. The molecule has 0 radical (unpaired) electrons. The molecule has 182 valence electrons. The van der Waals surface area contributed by atoms with E-state index in [1.807, 2.05) is 61.7 Å². The van der Waals surface area contributed by atoms with Gasteiger partial charge in [0, 0.05) is 46.7 Å². The lowest BCUT2D eigenvalue weighted by atomic mass is 10.1. The lowest BCUT2D eigenvalue weighted by Crippen LogP contribution is -2.12. The molecule has 2 aromatic carbocycles. The summed E-state index contributed by atoms with van der Waals surface area (Å²) in [5.74, 6) is 1.03. The minimum Gasteiger partial charge on any atom is -0.370 e. The van der Waals surface area contributed by atoms with Crippen molar-refractivity contribution >= 4 is 23.1 Å². The van der Waals surface area contributed by atoms with Gasteiger partial charge in [0.15, 0.2) is 5.82 Å². The molecule has 4 heterocycles. The molecule has 0 saturated heterocycles. The number of carbonyl (C=O) groups is 1. The summed E-state index contributed by atoms with van der Waals surface area (Å²) in [5.41, 5.74) is 7.64. The molecule has 9 nitrogen and oxygen atoms in total. The van der Waals surface area contributed by atoms with E-state index in [1.54, 1.807) is 24.7 Å². The van der Waals surface area contributed by atoms with Gasteiger partial charge in [0.1, 0.15) is 5.82 Å². The van der Waals surface area contributed by atoms with Crippen LogP contribution in [0, 0.1) is 6.92 Å². The molecule has 0 spiro atoms. The predicted octanol–water partition coefficient (Wildman–Crippen LogP) is 5.26. The van der Waals surface area contributed by atoms with E-state index < -0.39 is 0 Å². The number of nitrogens with one attached hydrogen (secondary N) is 3. The summed E-state index contributed by atoms with van der Waals surface area (Å²) in [5, 5.41) is 13.2. The first-order valence-electron chi connectivity index (χ1n) is 11.8. The van der Waals surface area contributed by atoms with Crippen LogP contribution < -0.4 is 10.6 Å². The Morgan fingerprint density at radius 2 is 1.81 bits per heavy atom. The average molecular weight is 490 g/mol. The number of anilines is 3. The zero-order chi connectivity index (χ0) is 25.2. The van der Waals surface area contributed by atoms with Gasteiger partial charge in [-0.3, -0.25) is 14.9 Å². The molecule has 3 aromatic heterocycles. The maximum atomic E-state index is 12.7. The molecule has 0 fully saturated rings. The van der Waals surface area contributed by atoms with Gasteiger partial charge in [-0.25, -0.2) is 9.97 Å². The standard InChI is InChI=1S/C28H23N7O2/c1-17-9-20(12-29-11-17)28(36)33-23-4-2-3-19(10-23)26-34-25-16-37-15-24(25)27(35-26)32-22-7-5-18(6-8-22)21-13-30-31-14-21/h2-14H,15-16H2,1H3,(H,30,31)(H,33,36)(H,32,34,35). The number of hydrogen-bond acceptors (Lipinski definition) is 7. The fourth-order valence-electron chi connectivity index (χ4n) is 4.19. The maximum Gasteiger partial charge on any atom is 0.257 e. The highest BCUT2D eigenvalue weighted by molar-refractivity contribution is 6.04. The molecule has 5 aromatic rings. The van der Waals surface area contributed by atoms with Gasteiger partial charge in [-0.1, -0.05) is 24.3 Å². The van der Waals surface area contributed by atoms with Gasteiger partial charge in [-0.05, 0) is 48.4 Å². The number of pyridine rings is 1. The van der Waals surface area contributed by atoms with Gasteiger partial charge in [0.25, 0.3) is 5.91 Å². The van der Waals surface area contributed by atoms with E-state index in [9.17, 15) is 4.79 Å². The number of aryl methyl sites for hydroxylation is 1. The lowest BCUT2D eigenvalue weighted by molar-refractivity contribution is 0.102. The highest BCUT2D eigenvalue weighted by Gasteiger charge is 2.21. The summed E-state index contributed by atoms with van der Waals surface area (Å²) in [7, 11) is 0. The highest BCUT2D eigenvalue weighted by Crippen LogP contribution is 2.31. The first kappa shape index (κ1) is 22.6. The monoisotopic (exact) mass is 489 g/mol. The Bertz CT molecular complexity index is 1580. The Balaban J connectivity index is 1.27. The number of benzene rings is 2. The second-order valence-corrected chi connectivity index (χ2v) is 8.79. The minimum atomic E-state index is -0.224. The van der Waals surface area contributed by atoms with Crippen LogP contribution in [0.25, 0.3) is 22.5 Å². The second-order valence-electron chi connectivity index (χ2n) is 8.79. The summed E-state index contributed by atoms with van der Waals surface area (Å²) in [6, 6.07) is 17.4. The van der Waals surface area contributed by atoms with Gasteiger partial charge < -0.3 is 15.4 Å². The molecule has 0 unspecified atom stereocenters. The fraction of sp³-hybridized carbons (Fsp3) is 0.107. The Morgan fingerprint density at radius 1 is 0.919 bits per heavy atom. The van der Waals surface area contributed by atoms with Crippen LogP contribution in [0.15, 0.2) is 79.4 Å². The van der Waals surface area contributed by atoms with E-state index in [2.05, 4.69) is 25.8 Å². The number of rotatable bonds is 6. The topological polar surface area (TPSA) is 118 Å². The number of fused-ring (bicyclic) bond motifs is 1. The molecular formula is C28H23N7O2. The van der Waals surface area contributed by atoms with Crippen LogP contribution in [0.3, 0.4) is 0 Å². The normalized spacial score (nSPS) is 12.2. The van der Waals surface area contributed by atoms with Crippen LogP contribution in [0.4, 0.5) is 17.2 Å². The van der Waals surface area contributed by atoms with Gasteiger partial charge in [-0.15, -0.1) is 0 Å². The second kappa shape index (κ2) is 9.63. The molecule has 0 aliphatic carbocycles. The number of carbonyl (C=O) groups excluding carboxylic acids is 1. The van der Waals surface area contributed by atoms with E-state index in [-0.39, 0.29) is 5.91 Å². The molecule has 37 heavy (non-hydrogen) atoms. The predicted molar refractivity (Wildman–Crippen MR) is 140 cm³/mol. The molecular weight excluding hydrogens is 466 g/mol. The third-order valence-corrected chi connectivity index (χ3v) is 6.07. The average Bonchev–Trinajstić information content (AvgIpc) is 3.62. The van der Waals surface area contributed by atoms with Crippen molar-refractivity contribution in [3.63, 3.8) is 0 Å². The molecule has 9 heteroatoms. The first-order chi connectivity index (χ1) is 18.1. The van der Waals surface area contributed by atoms with Crippen molar-refractivity contribution in [1.29, 1.82) is 0 Å². The van der Waals surface area contributed by atoms with Crippen LogP contribution in [0.5, 0.6) is 0 Å². The number of amides is 1. The fourth-order valence-corrected chi connectivity index (χ4v) is 4.19. The van der Waals surface area contributed by atoms with Crippen molar-refractivity contribution in [2.75, 3.05) is 10.6 Å². The Hall–Kier alpha value is -4.89. The van der Waals surface area contributed by atoms with Crippen molar-refractivity contribution in [2.45, 2.75) is 20.1 Å². The first-order valence-corrected chi connectivity index (χ1v) is 11.8. The SMILES string of the molecule is Cc1cncc(C(=O)Nc2cccc(-c3nc4c(c(Nc5ccc(-c6cn[nH]c6)cc5)n3)COC4)c2)c1. The number of aromatic amines is 1. The smallest absolute Gasteiger partial charge is 0.257 e. The third kappa shape index (κ3) is 4.80. The molecule has 0 saturated carbocycles. The molecule has 0 bridgehead atoms. The van der Waals surface area contributed by atoms with Crippen molar-refractivity contribution in [1.82, 2.24) is 25.1 Å². The van der Waals surface area contributed by atoms with E-state index in [1.165, 1.54) is 0 Å². The Morgan fingerprint density at radius 3 is 2.62 bits per heavy atom. The van der Waals surface area contributed by atoms with Crippen molar-refractivity contribution in [2.24, 2.45) is 0 Å². The quantitative estimate of drug-likeness (QED) is 0.298. The van der Waals surface area contributed by atoms with Crippen molar-refractivity contribution in [3.05, 3.63) is 102 Å². The van der Waals surface area contributed by atoms with Crippen LogP contribution in [-0.2, 0) is 18.0 Å². The molecule has 3 N–H and O–H groups in total.